The molecule has 0 radical (unpaired) electrons. The number of aromatic nitrogens is 2. The van der Waals surface area contributed by atoms with Gasteiger partial charge >= 0.3 is 0 Å². The predicted octanol–water partition coefficient (Wildman–Crippen LogP) is 3.76. The number of amides is 1. The predicted molar refractivity (Wildman–Crippen MR) is 106 cm³/mol. The molecule has 0 aliphatic rings. The summed E-state index contributed by atoms with van der Waals surface area (Å²) >= 11 is 0. The Bertz CT molecular complexity index is 882. The smallest absolute Gasteiger partial charge is 0.278 e. The summed E-state index contributed by atoms with van der Waals surface area (Å²) in [5, 5.41) is 3.20. The van der Waals surface area contributed by atoms with E-state index in [4.69, 9.17) is 4.74 Å². The van der Waals surface area contributed by atoms with Crippen molar-refractivity contribution >= 4 is 17.4 Å². The molecule has 0 atom stereocenters. The minimum atomic E-state index is -0.174. The van der Waals surface area contributed by atoms with Crippen LogP contribution in [0, 0.1) is 0 Å². The second kappa shape index (κ2) is 8.80. The Morgan fingerprint density at radius 1 is 1.04 bits per heavy atom. The van der Waals surface area contributed by atoms with Crippen LogP contribution in [-0.2, 0) is 6.54 Å². The van der Waals surface area contributed by atoms with Crippen molar-refractivity contribution in [3.63, 3.8) is 0 Å². The van der Waals surface area contributed by atoms with E-state index in [-0.39, 0.29) is 5.91 Å². The van der Waals surface area contributed by atoms with Gasteiger partial charge in [0.15, 0.2) is 0 Å². The van der Waals surface area contributed by atoms with Crippen molar-refractivity contribution in [2.45, 2.75) is 13.5 Å². The number of nitrogens with one attached hydrogen (secondary N) is 1. The molecule has 2 aromatic carbocycles. The van der Waals surface area contributed by atoms with E-state index in [2.05, 4.69) is 15.3 Å². The molecule has 0 spiro atoms. The van der Waals surface area contributed by atoms with Crippen LogP contribution in [0.2, 0.25) is 0 Å². The second-order valence-corrected chi connectivity index (χ2v) is 5.84. The molecule has 3 rings (SSSR count). The van der Waals surface area contributed by atoms with Crippen molar-refractivity contribution in [2.75, 3.05) is 23.9 Å². The van der Waals surface area contributed by atoms with Crippen molar-refractivity contribution in [3.8, 4) is 5.75 Å². The van der Waals surface area contributed by atoms with E-state index in [9.17, 15) is 4.79 Å². The number of hydrogen-bond acceptors (Lipinski definition) is 5. The molecule has 1 aromatic heterocycles. The Hall–Kier alpha value is -3.41. The lowest BCUT2D eigenvalue weighted by molar-refractivity contribution is 0.0983. The summed E-state index contributed by atoms with van der Waals surface area (Å²) in [6, 6.07) is 17.3. The first-order chi connectivity index (χ1) is 13.2. The average Bonchev–Trinajstić information content (AvgIpc) is 2.74. The zero-order valence-corrected chi connectivity index (χ0v) is 15.4. The number of ether oxygens (including phenoxy) is 1. The SMILES string of the molecule is CCN(C(=O)c1cnc(NCc2ccccc2OC)cn1)c1ccccc1. The molecular formula is C21H22N4O2. The number of para-hydroxylation sites is 2. The standard InChI is InChI=1S/C21H22N4O2/c1-3-25(17-10-5-4-6-11-17)21(26)18-14-24-20(15-22-18)23-13-16-9-7-8-12-19(16)27-2/h4-12,14-15H,3,13H2,1-2H3,(H,23,24). The summed E-state index contributed by atoms with van der Waals surface area (Å²) in [7, 11) is 1.64. The molecule has 0 unspecified atom stereocenters. The molecule has 0 saturated heterocycles. The van der Waals surface area contributed by atoms with E-state index in [1.54, 1.807) is 18.2 Å². The van der Waals surface area contributed by atoms with Gasteiger partial charge in [-0.25, -0.2) is 9.97 Å². The Labute approximate surface area is 158 Å². The van der Waals surface area contributed by atoms with Gasteiger partial charge in [-0.15, -0.1) is 0 Å². The van der Waals surface area contributed by atoms with Crippen LogP contribution in [0.15, 0.2) is 67.0 Å². The van der Waals surface area contributed by atoms with Gasteiger partial charge in [-0.3, -0.25) is 4.79 Å². The molecule has 3 aromatic rings. The molecule has 1 N–H and O–H groups in total. The van der Waals surface area contributed by atoms with E-state index in [0.717, 1.165) is 17.0 Å². The second-order valence-electron chi connectivity index (χ2n) is 5.84. The van der Waals surface area contributed by atoms with E-state index >= 15 is 0 Å². The summed E-state index contributed by atoms with van der Waals surface area (Å²) in [5.41, 5.74) is 2.16. The van der Waals surface area contributed by atoms with Crippen molar-refractivity contribution < 1.29 is 9.53 Å². The van der Waals surface area contributed by atoms with Crippen LogP contribution in [0.1, 0.15) is 23.0 Å². The topological polar surface area (TPSA) is 67.4 Å². The van der Waals surface area contributed by atoms with Crippen molar-refractivity contribution in [3.05, 3.63) is 78.2 Å². The van der Waals surface area contributed by atoms with Gasteiger partial charge < -0.3 is 15.0 Å². The third-order valence-corrected chi connectivity index (χ3v) is 4.15. The third kappa shape index (κ3) is 4.41. The fourth-order valence-electron chi connectivity index (χ4n) is 2.75. The summed E-state index contributed by atoms with van der Waals surface area (Å²) in [6.45, 7) is 3.04. The average molecular weight is 362 g/mol. The third-order valence-electron chi connectivity index (χ3n) is 4.15. The maximum atomic E-state index is 12.7. The van der Waals surface area contributed by atoms with Gasteiger partial charge in [-0.05, 0) is 25.1 Å². The number of carbonyl (C=O) groups is 1. The van der Waals surface area contributed by atoms with Crippen LogP contribution >= 0.6 is 0 Å². The number of methoxy groups -OCH3 is 1. The Kier molecular flexibility index (Phi) is 5.99. The number of anilines is 2. The monoisotopic (exact) mass is 362 g/mol. The van der Waals surface area contributed by atoms with Crippen LogP contribution in [0.4, 0.5) is 11.5 Å². The number of rotatable bonds is 7. The van der Waals surface area contributed by atoms with Crippen LogP contribution < -0.4 is 15.0 Å². The first-order valence-corrected chi connectivity index (χ1v) is 8.77. The normalized spacial score (nSPS) is 10.3. The zero-order valence-electron chi connectivity index (χ0n) is 15.4. The highest BCUT2D eigenvalue weighted by Crippen LogP contribution is 2.19. The number of hydrogen-bond donors (Lipinski definition) is 1. The Morgan fingerprint density at radius 2 is 1.78 bits per heavy atom. The highest BCUT2D eigenvalue weighted by Gasteiger charge is 2.17. The summed E-state index contributed by atoms with van der Waals surface area (Å²) < 4.78 is 5.34. The van der Waals surface area contributed by atoms with Crippen LogP contribution in [0.5, 0.6) is 5.75 Å². The Morgan fingerprint density at radius 3 is 2.44 bits per heavy atom. The van der Waals surface area contributed by atoms with Gasteiger partial charge in [0.25, 0.3) is 5.91 Å². The fourth-order valence-corrected chi connectivity index (χ4v) is 2.75. The first-order valence-electron chi connectivity index (χ1n) is 8.77. The van der Waals surface area contributed by atoms with Crippen LogP contribution in [-0.4, -0.2) is 29.5 Å². The fraction of sp³-hybridized carbons (Fsp3) is 0.190. The quantitative estimate of drug-likeness (QED) is 0.693. The molecule has 138 valence electrons. The molecule has 1 heterocycles. The Balaban J connectivity index is 1.68. The highest BCUT2D eigenvalue weighted by atomic mass is 16.5. The van der Waals surface area contributed by atoms with Gasteiger partial charge in [0.1, 0.15) is 17.3 Å². The lowest BCUT2D eigenvalue weighted by atomic mass is 10.2. The number of benzene rings is 2. The van der Waals surface area contributed by atoms with Crippen molar-refractivity contribution in [1.29, 1.82) is 0 Å². The van der Waals surface area contributed by atoms with Crippen molar-refractivity contribution in [1.82, 2.24) is 9.97 Å². The molecule has 27 heavy (non-hydrogen) atoms. The minimum Gasteiger partial charge on any atom is -0.496 e. The van der Waals surface area contributed by atoms with Crippen LogP contribution in [0.25, 0.3) is 0 Å². The lowest BCUT2D eigenvalue weighted by Gasteiger charge is -2.20. The molecule has 0 fully saturated rings. The maximum Gasteiger partial charge on any atom is 0.278 e. The minimum absolute atomic E-state index is 0.174. The molecular weight excluding hydrogens is 340 g/mol. The van der Waals surface area contributed by atoms with Gasteiger partial charge in [0, 0.05) is 24.3 Å². The molecule has 1 amide bonds. The van der Waals surface area contributed by atoms with E-state index in [0.29, 0.717) is 24.6 Å². The van der Waals surface area contributed by atoms with E-state index in [1.165, 1.54) is 6.20 Å². The summed E-state index contributed by atoms with van der Waals surface area (Å²) in [6.07, 6.45) is 3.07. The van der Waals surface area contributed by atoms with Crippen molar-refractivity contribution in [2.24, 2.45) is 0 Å². The lowest BCUT2D eigenvalue weighted by Crippen LogP contribution is -2.31. The summed E-state index contributed by atoms with van der Waals surface area (Å²) in [5.74, 6) is 1.24. The molecule has 6 nitrogen and oxygen atoms in total. The first kappa shape index (κ1) is 18.4. The largest absolute Gasteiger partial charge is 0.496 e. The molecule has 0 saturated carbocycles. The summed E-state index contributed by atoms with van der Waals surface area (Å²) in [4.78, 5) is 23.0. The number of carbonyl (C=O) groups excluding carboxylic acids is 1. The number of nitrogens with zero attached hydrogens (tertiary/aromatic N) is 3. The van der Waals surface area contributed by atoms with Crippen LogP contribution in [0.3, 0.4) is 0 Å². The van der Waals surface area contributed by atoms with Gasteiger partial charge in [-0.1, -0.05) is 36.4 Å². The highest BCUT2D eigenvalue weighted by molar-refractivity contribution is 6.04. The maximum absolute atomic E-state index is 12.7. The van der Waals surface area contributed by atoms with Gasteiger partial charge in [0.2, 0.25) is 0 Å². The van der Waals surface area contributed by atoms with Gasteiger partial charge in [0.05, 0.1) is 19.5 Å². The molecule has 0 aliphatic heterocycles. The zero-order chi connectivity index (χ0) is 19.1. The van der Waals surface area contributed by atoms with E-state index < -0.39 is 0 Å². The molecule has 0 aliphatic carbocycles. The molecule has 0 bridgehead atoms. The van der Waals surface area contributed by atoms with Gasteiger partial charge in [-0.2, -0.15) is 0 Å². The molecule has 6 heteroatoms. The van der Waals surface area contributed by atoms with E-state index in [1.807, 2.05) is 61.5 Å².